The van der Waals surface area contributed by atoms with Crippen molar-refractivity contribution < 1.29 is 0 Å². The van der Waals surface area contributed by atoms with Crippen molar-refractivity contribution in [2.45, 2.75) is 12.8 Å². The van der Waals surface area contributed by atoms with Crippen LogP contribution >= 0.6 is 11.6 Å². The minimum Gasteiger partial charge on any atom is -0.346 e. The lowest BCUT2D eigenvalue weighted by atomic mass is 10.0. The largest absolute Gasteiger partial charge is 0.346 e. The zero-order valence-corrected chi connectivity index (χ0v) is 13.7. The van der Waals surface area contributed by atoms with Gasteiger partial charge in [-0.1, -0.05) is 29.8 Å². The van der Waals surface area contributed by atoms with Gasteiger partial charge in [0.1, 0.15) is 5.65 Å². The van der Waals surface area contributed by atoms with Crippen LogP contribution in [0.15, 0.2) is 61.1 Å². The van der Waals surface area contributed by atoms with Crippen LogP contribution in [0.3, 0.4) is 0 Å². The molecule has 3 nitrogen and oxygen atoms in total. The van der Waals surface area contributed by atoms with E-state index in [9.17, 15) is 0 Å². The van der Waals surface area contributed by atoms with Crippen molar-refractivity contribution in [3.8, 4) is 0 Å². The molecular weight excluding hydrogens is 318 g/mol. The Bertz CT molecular complexity index is 991. The molecule has 0 unspecified atom stereocenters. The number of nitrogens with one attached hydrogen (secondary N) is 1. The SMILES string of the molecule is Clc1cccc(Cc2[c]ncc(Cc3c[nH]c4ncccc34)c2)c1. The van der Waals surface area contributed by atoms with Crippen molar-refractivity contribution in [3.05, 3.63) is 94.5 Å². The first-order valence-electron chi connectivity index (χ1n) is 7.79. The van der Waals surface area contributed by atoms with Gasteiger partial charge in [-0.05, 0) is 52.9 Å². The number of pyridine rings is 2. The normalized spacial score (nSPS) is 11.0. The molecule has 1 N–H and O–H groups in total. The third-order valence-corrected chi connectivity index (χ3v) is 4.25. The van der Waals surface area contributed by atoms with E-state index in [4.69, 9.17) is 11.6 Å². The molecule has 0 bridgehead atoms. The zero-order chi connectivity index (χ0) is 16.4. The summed E-state index contributed by atoms with van der Waals surface area (Å²) in [5.74, 6) is 0. The van der Waals surface area contributed by atoms with Crippen molar-refractivity contribution >= 4 is 22.6 Å². The van der Waals surface area contributed by atoms with E-state index >= 15 is 0 Å². The van der Waals surface area contributed by atoms with Gasteiger partial charge in [0, 0.05) is 35.4 Å². The summed E-state index contributed by atoms with van der Waals surface area (Å²) in [6, 6.07) is 14.1. The Morgan fingerprint density at radius 2 is 2.00 bits per heavy atom. The quantitative estimate of drug-likeness (QED) is 0.593. The number of hydrogen-bond donors (Lipinski definition) is 1. The average Bonchev–Trinajstić information content (AvgIpc) is 2.99. The van der Waals surface area contributed by atoms with Crippen molar-refractivity contribution in [1.82, 2.24) is 15.0 Å². The van der Waals surface area contributed by atoms with Crippen LogP contribution in [0, 0.1) is 6.20 Å². The molecule has 0 aliphatic rings. The van der Waals surface area contributed by atoms with Gasteiger partial charge in [-0.15, -0.1) is 0 Å². The van der Waals surface area contributed by atoms with Gasteiger partial charge in [0.15, 0.2) is 0 Å². The summed E-state index contributed by atoms with van der Waals surface area (Å²) in [5, 5.41) is 1.91. The van der Waals surface area contributed by atoms with Crippen molar-refractivity contribution in [1.29, 1.82) is 0 Å². The van der Waals surface area contributed by atoms with Gasteiger partial charge in [-0.2, -0.15) is 0 Å². The van der Waals surface area contributed by atoms with E-state index in [0.29, 0.717) is 0 Å². The van der Waals surface area contributed by atoms with E-state index in [-0.39, 0.29) is 0 Å². The first-order valence-corrected chi connectivity index (χ1v) is 8.16. The monoisotopic (exact) mass is 332 g/mol. The first-order chi connectivity index (χ1) is 11.8. The van der Waals surface area contributed by atoms with Gasteiger partial charge in [-0.25, -0.2) is 4.98 Å². The molecule has 3 heterocycles. The Kier molecular flexibility index (Phi) is 4.01. The second-order valence-corrected chi connectivity index (χ2v) is 6.25. The van der Waals surface area contributed by atoms with Crippen LogP contribution in [0.1, 0.15) is 22.3 Å². The van der Waals surface area contributed by atoms with Gasteiger partial charge in [0.2, 0.25) is 0 Å². The average molecular weight is 333 g/mol. The molecule has 3 aromatic heterocycles. The fourth-order valence-electron chi connectivity index (χ4n) is 2.92. The number of rotatable bonds is 4. The number of H-pyrrole nitrogens is 1. The van der Waals surface area contributed by atoms with Gasteiger partial charge in [-0.3, -0.25) is 4.98 Å². The van der Waals surface area contributed by atoms with E-state index in [1.807, 2.05) is 36.7 Å². The van der Waals surface area contributed by atoms with Crippen LogP contribution < -0.4 is 0 Å². The summed E-state index contributed by atoms with van der Waals surface area (Å²) in [5.41, 5.74) is 5.53. The Morgan fingerprint density at radius 3 is 2.92 bits per heavy atom. The molecule has 4 aromatic rings. The zero-order valence-electron chi connectivity index (χ0n) is 13.0. The highest BCUT2D eigenvalue weighted by Gasteiger charge is 2.06. The fourth-order valence-corrected chi connectivity index (χ4v) is 3.14. The molecule has 0 aliphatic heterocycles. The molecule has 0 aliphatic carbocycles. The van der Waals surface area contributed by atoms with E-state index < -0.39 is 0 Å². The molecule has 1 aromatic carbocycles. The number of fused-ring (bicyclic) bond motifs is 1. The maximum atomic E-state index is 6.06. The minimum absolute atomic E-state index is 0.753. The number of aromatic amines is 1. The van der Waals surface area contributed by atoms with Crippen molar-refractivity contribution in [2.24, 2.45) is 0 Å². The third kappa shape index (κ3) is 3.17. The molecule has 0 saturated carbocycles. The lowest BCUT2D eigenvalue weighted by molar-refractivity contribution is 1.08. The molecule has 0 amide bonds. The summed E-state index contributed by atoms with van der Waals surface area (Å²) in [6.45, 7) is 0. The number of aromatic nitrogens is 3. The van der Waals surface area contributed by atoms with Crippen LogP contribution in [0.25, 0.3) is 11.0 Å². The van der Waals surface area contributed by atoms with Gasteiger partial charge in [0.05, 0.1) is 6.20 Å². The molecule has 24 heavy (non-hydrogen) atoms. The summed E-state index contributed by atoms with van der Waals surface area (Å²) in [6.07, 6.45) is 10.4. The van der Waals surface area contributed by atoms with Crippen LogP contribution in [0.5, 0.6) is 0 Å². The molecule has 117 valence electrons. The highest BCUT2D eigenvalue weighted by molar-refractivity contribution is 6.30. The highest BCUT2D eigenvalue weighted by atomic mass is 35.5. The van der Waals surface area contributed by atoms with Crippen LogP contribution in [-0.2, 0) is 12.8 Å². The fraction of sp³-hybridized carbons (Fsp3) is 0.100. The Balaban J connectivity index is 1.58. The second kappa shape index (κ2) is 6.46. The van der Waals surface area contributed by atoms with Crippen molar-refractivity contribution in [3.63, 3.8) is 0 Å². The van der Waals surface area contributed by atoms with E-state index in [1.165, 1.54) is 5.56 Å². The predicted molar refractivity (Wildman–Crippen MR) is 96.2 cm³/mol. The number of hydrogen-bond acceptors (Lipinski definition) is 2. The topological polar surface area (TPSA) is 41.6 Å². The molecular formula is C20H15ClN3. The Morgan fingerprint density at radius 1 is 1.04 bits per heavy atom. The molecule has 0 spiro atoms. The van der Waals surface area contributed by atoms with Crippen LogP contribution in [-0.4, -0.2) is 15.0 Å². The summed E-state index contributed by atoms with van der Waals surface area (Å²) < 4.78 is 0. The maximum absolute atomic E-state index is 6.06. The summed E-state index contributed by atoms with van der Waals surface area (Å²) in [7, 11) is 0. The third-order valence-electron chi connectivity index (χ3n) is 4.01. The maximum Gasteiger partial charge on any atom is 0.137 e. The second-order valence-electron chi connectivity index (χ2n) is 5.81. The predicted octanol–water partition coefficient (Wildman–Crippen LogP) is 4.59. The molecule has 1 radical (unpaired) electrons. The lowest BCUT2D eigenvalue weighted by Gasteiger charge is -2.05. The summed E-state index contributed by atoms with van der Waals surface area (Å²) >= 11 is 6.06. The molecule has 0 fully saturated rings. The molecule has 0 atom stereocenters. The standard InChI is InChI=1S/C20H15ClN3/c21-18-4-1-3-14(10-18)7-15-8-16(12-22-11-15)9-17-13-24-20-19(17)5-2-6-23-20/h1-6,8,10,12-13H,7,9H2,(H,23,24). The smallest absolute Gasteiger partial charge is 0.137 e. The lowest BCUT2D eigenvalue weighted by Crippen LogP contribution is -1.94. The van der Waals surface area contributed by atoms with Gasteiger partial charge in [0.25, 0.3) is 0 Å². The van der Waals surface area contributed by atoms with E-state index in [1.54, 1.807) is 6.20 Å². The van der Waals surface area contributed by atoms with Crippen LogP contribution in [0.2, 0.25) is 5.02 Å². The molecule has 0 saturated heterocycles. The van der Waals surface area contributed by atoms with E-state index in [2.05, 4.69) is 39.3 Å². The molecule has 4 heteroatoms. The minimum atomic E-state index is 0.753. The van der Waals surface area contributed by atoms with Crippen LogP contribution in [0.4, 0.5) is 0 Å². The van der Waals surface area contributed by atoms with Gasteiger partial charge < -0.3 is 4.98 Å². The molecule has 4 rings (SSSR count). The number of nitrogens with zero attached hydrogens (tertiary/aromatic N) is 2. The number of benzene rings is 1. The highest BCUT2D eigenvalue weighted by Crippen LogP contribution is 2.20. The Hall–Kier alpha value is -2.65. The van der Waals surface area contributed by atoms with E-state index in [0.717, 1.165) is 45.6 Å². The number of halogens is 1. The first kappa shape index (κ1) is 14.9. The van der Waals surface area contributed by atoms with Crippen molar-refractivity contribution in [2.75, 3.05) is 0 Å². The van der Waals surface area contributed by atoms with Gasteiger partial charge >= 0.3 is 0 Å². The Labute approximate surface area is 145 Å². The summed E-state index contributed by atoms with van der Waals surface area (Å²) in [4.78, 5) is 11.8.